The number of rotatable bonds is 8. The van der Waals surface area contributed by atoms with Crippen LogP contribution in [0, 0.1) is 0 Å². The Labute approximate surface area is 162 Å². The number of fused-ring (bicyclic) bond motifs is 1. The Morgan fingerprint density at radius 2 is 1.85 bits per heavy atom. The maximum atomic E-state index is 12.2. The normalized spacial score (nSPS) is 12.3. The van der Waals surface area contributed by atoms with Crippen molar-refractivity contribution < 1.29 is 16.8 Å². The van der Waals surface area contributed by atoms with Crippen LogP contribution in [0.1, 0.15) is 5.56 Å². The molecule has 11 heteroatoms. The molecule has 0 saturated carbocycles. The molecule has 0 spiro atoms. The molecule has 2 N–H and O–H groups in total. The maximum absolute atomic E-state index is 12.2. The van der Waals surface area contributed by atoms with Gasteiger partial charge in [0.05, 0.1) is 22.7 Å². The molecular formula is C16H17ClN4O4S2. The van der Waals surface area contributed by atoms with Crippen LogP contribution < -0.4 is 9.44 Å². The minimum atomic E-state index is -3.72. The molecule has 3 rings (SSSR count). The third-order valence-corrected chi connectivity index (χ3v) is 6.49. The van der Waals surface area contributed by atoms with E-state index in [0.717, 1.165) is 5.52 Å². The molecule has 0 fully saturated rings. The van der Waals surface area contributed by atoms with Gasteiger partial charge in [0.15, 0.2) is 0 Å². The second-order valence-electron chi connectivity index (χ2n) is 5.82. The number of sulfonamides is 2. The van der Waals surface area contributed by atoms with Crippen molar-refractivity contribution in [3.05, 3.63) is 65.4 Å². The smallest absolute Gasteiger partial charge is 0.234 e. The Balaban J connectivity index is 1.56. The summed E-state index contributed by atoms with van der Waals surface area (Å²) < 4.78 is 54.9. The van der Waals surface area contributed by atoms with Crippen LogP contribution in [0.3, 0.4) is 0 Å². The highest BCUT2D eigenvalue weighted by Crippen LogP contribution is 2.14. The van der Waals surface area contributed by atoms with Crippen molar-refractivity contribution in [3.63, 3.8) is 0 Å². The van der Waals surface area contributed by atoms with Gasteiger partial charge in [0.25, 0.3) is 0 Å². The zero-order chi connectivity index (χ0) is 19.5. The predicted octanol–water partition coefficient (Wildman–Crippen LogP) is 1.85. The average molecular weight is 429 g/mol. The third kappa shape index (κ3) is 5.67. The van der Waals surface area contributed by atoms with Crippen LogP contribution >= 0.6 is 11.6 Å². The minimum absolute atomic E-state index is 0.243. The largest absolute Gasteiger partial charge is 0.283 e. The quantitative estimate of drug-likeness (QED) is 0.569. The molecule has 8 nitrogen and oxygen atoms in total. The van der Waals surface area contributed by atoms with E-state index >= 15 is 0 Å². The van der Waals surface area contributed by atoms with Gasteiger partial charge in [-0.15, -0.1) is 0 Å². The number of hydrogen-bond acceptors (Lipinski definition) is 5. The van der Waals surface area contributed by atoms with E-state index in [2.05, 4.69) is 14.5 Å². The Kier molecular flexibility index (Phi) is 5.70. The van der Waals surface area contributed by atoms with Crippen molar-refractivity contribution in [1.82, 2.24) is 14.3 Å². The molecule has 27 heavy (non-hydrogen) atoms. The molecule has 0 aliphatic heterocycles. The number of hydrogen-bond donors (Lipinski definition) is 2. The summed E-state index contributed by atoms with van der Waals surface area (Å²) in [4.78, 5) is 0. The highest BCUT2D eigenvalue weighted by Gasteiger charge is 2.15. The predicted molar refractivity (Wildman–Crippen MR) is 105 cm³/mol. The monoisotopic (exact) mass is 428 g/mol. The molecule has 0 bridgehead atoms. The highest BCUT2D eigenvalue weighted by molar-refractivity contribution is 7.92. The van der Waals surface area contributed by atoms with Gasteiger partial charge in [-0.3, -0.25) is 4.72 Å². The first kappa shape index (κ1) is 19.6. The van der Waals surface area contributed by atoms with Crippen LogP contribution in [0.15, 0.2) is 54.9 Å². The van der Waals surface area contributed by atoms with Crippen molar-refractivity contribution in [3.8, 4) is 0 Å². The van der Waals surface area contributed by atoms with E-state index in [-0.39, 0.29) is 12.3 Å². The summed E-state index contributed by atoms with van der Waals surface area (Å²) in [5, 5.41) is 4.46. The molecule has 0 aliphatic carbocycles. The minimum Gasteiger partial charge on any atom is -0.283 e. The van der Waals surface area contributed by atoms with Crippen LogP contribution in [0.4, 0.5) is 5.69 Å². The lowest BCUT2D eigenvalue weighted by atomic mass is 10.2. The summed E-state index contributed by atoms with van der Waals surface area (Å²) >= 11 is 5.84. The van der Waals surface area contributed by atoms with Gasteiger partial charge in [-0.2, -0.15) is 5.10 Å². The summed E-state index contributed by atoms with van der Waals surface area (Å²) in [6, 6.07) is 11.4. The SMILES string of the molecule is O=S(=O)(Cc1cccc(Cl)c1)NCCS(=O)(=O)Nc1ccn2nccc2c1. The molecule has 0 amide bonds. The Morgan fingerprint density at radius 3 is 2.63 bits per heavy atom. The second-order valence-corrected chi connectivity index (χ2v) is 9.91. The van der Waals surface area contributed by atoms with Gasteiger partial charge in [-0.1, -0.05) is 23.7 Å². The first-order valence-electron chi connectivity index (χ1n) is 7.88. The van der Waals surface area contributed by atoms with Crippen LogP contribution in [-0.4, -0.2) is 38.7 Å². The molecular weight excluding hydrogens is 412 g/mol. The number of benzene rings is 1. The van der Waals surface area contributed by atoms with Gasteiger partial charge in [0.1, 0.15) is 0 Å². The number of pyridine rings is 1. The van der Waals surface area contributed by atoms with Crippen molar-refractivity contribution in [2.45, 2.75) is 5.75 Å². The zero-order valence-electron chi connectivity index (χ0n) is 14.0. The van der Waals surface area contributed by atoms with Gasteiger partial charge in [-0.05, 0) is 35.9 Å². The first-order chi connectivity index (χ1) is 12.7. The number of aromatic nitrogens is 2. The van der Waals surface area contributed by atoms with Crippen molar-refractivity contribution >= 4 is 42.9 Å². The molecule has 2 aromatic heterocycles. The molecule has 3 aromatic rings. The number of anilines is 1. The summed E-state index contributed by atoms with van der Waals surface area (Å²) in [7, 11) is -7.40. The average Bonchev–Trinajstić information content (AvgIpc) is 3.01. The fourth-order valence-corrected chi connectivity index (χ4v) is 4.88. The van der Waals surface area contributed by atoms with Gasteiger partial charge >= 0.3 is 0 Å². The lowest BCUT2D eigenvalue weighted by molar-refractivity contribution is 0.581. The van der Waals surface area contributed by atoms with Crippen molar-refractivity contribution in [2.24, 2.45) is 0 Å². The lowest BCUT2D eigenvalue weighted by Gasteiger charge is -2.10. The van der Waals surface area contributed by atoms with E-state index in [1.54, 1.807) is 59.4 Å². The lowest BCUT2D eigenvalue weighted by Crippen LogP contribution is -2.32. The van der Waals surface area contributed by atoms with Crippen LogP contribution in [0.2, 0.25) is 5.02 Å². The van der Waals surface area contributed by atoms with E-state index in [9.17, 15) is 16.8 Å². The molecule has 0 saturated heterocycles. The van der Waals surface area contributed by atoms with E-state index in [4.69, 9.17) is 11.6 Å². The zero-order valence-corrected chi connectivity index (χ0v) is 16.4. The summed E-state index contributed by atoms with van der Waals surface area (Å²) in [5.41, 5.74) is 1.63. The van der Waals surface area contributed by atoms with E-state index < -0.39 is 25.8 Å². The van der Waals surface area contributed by atoms with Crippen molar-refractivity contribution in [1.29, 1.82) is 0 Å². The second kappa shape index (κ2) is 7.85. The standard InChI is InChI=1S/C16H17ClN4O4S2/c17-14-3-1-2-13(10-14)12-27(24,25)19-7-9-26(22,23)20-15-5-8-21-16(11-15)4-6-18-21/h1-6,8,10-11,19-20H,7,9,12H2. The molecule has 2 heterocycles. The third-order valence-electron chi connectivity index (χ3n) is 3.61. The van der Waals surface area contributed by atoms with Gasteiger partial charge in [0, 0.05) is 24.0 Å². The van der Waals surface area contributed by atoms with E-state index in [0.29, 0.717) is 16.3 Å². The first-order valence-corrected chi connectivity index (χ1v) is 11.6. The molecule has 0 atom stereocenters. The molecule has 0 aliphatic rings. The van der Waals surface area contributed by atoms with Crippen LogP contribution in [0.5, 0.6) is 0 Å². The highest BCUT2D eigenvalue weighted by atomic mass is 35.5. The van der Waals surface area contributed by atoms with E-state index in [1.807, 2.05) is 0 Å². The molecule has 1 aromatic carbocycles. The van der Waals surface area contributed by atoms with Gasteiger partial charge in [0.2, 0.25) is 20.0 Å². The number of nitrogens with one attached hydrogen (secondary N) is 2. The van der Waals surface area contributed by atoms with Gasteiger partial charge in [-0.25, -0.2) is 26.1 Å². The summed E-state index contributed by atoms with van der Waals surface area (Å²) in [6.07, 6.45) is 3.23. The van der Waals surface area contributed by atoms with Crippen molar-refractivity contribution in [2.75, 3.05) is 17.0 Å². The summed E-state index contributed by atoms with van der Waals surface area (Å²) in [6.45, 7) is -0.243. The van der Waals surface area contributed by atoms with Crippen LogP contribution in [0.25, 0.3) is 5.52 Å². The molecule has 0 unspecified atom stereocenters. The Morgan fingerprint density at radius 1 is 1.04 bits per heavy atom. The summed E-state index contributed by atoms with van der Waals surface area (Å²) in [5.74, 6) is -0.675. The molecule has 0 radical (unpaired) electrons. The van der Waals surface area contributed by atoms with Crippen LogP contribution in [-0.2, 0) is 25.8 Å². The fraction of sp³-hybridized carbons (Fsp3) is 0.188. The number of nitrogens with zero attached hydrogens (tertiary/aromatic N) is 2. The molecule has 144 valence electrons. The Bertz CT molecular complexity index is 1160. The topological polar surface area (TPSA) is 110 Å². The number of halogens is 1. The maximum Gasteiger partial charge on any atom is 0.234 e. The Hall–Kier alpha value is -2.14. The van der Waals surface area contributed by atoms with E-state index in [1.165, 1.54) is 0 Å². The van der Waals surface area contributed by atoms with Gasteiger partial charge < -0.3 is 0 Å². The fourth-order valence-electron chi connectivity index (χ4n) is 2.44.